The van der Waals surface area contributed by atoms with Gasteiger partial charge in [0.2, 0.25) is 0 Å². The molecule has 0 unspecified atom stereocenters. The third-order valence-corrected chi connectivity index (χ3v) is 12.0. The molecule has 6 heteroatoms. The first kappa shape index (κ1) is 24.8. The van der Waals surface area contributed by atoms with Crippen LogP contribution in [-0.2, 0) is 39.3 Å². The van der Waals surface area contributed by atoms with Gasteiger partial charge in [0.1, 0.15) is 0 Å². The molecule has 6 aromatic carbocycles. The molecule has 0 aliphatic carbocycles. The highest BCUT2D eigenvalue weighted by molar-refractivity contribution is 5.93. The molecule has 47 heavy (non-hydrogen) atoms. The minimum atomic E-state index is 0.960. The number of fused-ring (bicyclic) bond motifs is 24. The van der Waals surface area contributed by atoms with Crippen molar-refractivity contribution in [3.8, 4) is 0 Å². The second-order valence-electron chi connectivity index (χ2n) is 14.3. The molecule has 6 heterocycles. The third-order valence-electron chi connectivity index (χ3n) is 12.0. The maximum Gasteiger partial charge on any atom is 0.0910 e. The Kier molecular flexibility index (Phi) is 4.60. The summed E-state index contributed by atoms with van der Waals surface area (Å²) in [6.45, 7) is 8.69. The van der Waals surface area contributed by atoms with Gasteiger partial charge in [-0.25, -0.2) is 0 Å². The molecular formula is C41H34N6. The van der Waals surface area contributed by atoms with Crippen LogP contribution >= 0.6 is 0 Å². The van der Waals surface area contributed by atoms with Gasteiger partial charge in [-0.15, -0.1) is 0 Å². The zero-order chi connectivity index (χ0) is 30.4. The molecule has 0 saturated carbocycles. The fraction of sp³-hybridized carbons (Fsp3) is 0.220. The van der Waals surface area contributed by atoms with Gasteiger partial charge < -0.3 is 29.4 Å². The van der Waals surface area contributed by atoms with Gasteiger partial charge in [-0.2, -0.15) is 0 Å². The topological polar surface area (TPSA) is 19.4 Å². The first-order chi connectivity index (χ1) is 23.2. The van der Waals surface area contributed by atoms with E-state index in [2.05, 4.69) is 126 Å². The maximum absolute atomic E-state index is 2.65. The molecular weight excluding hydrogens is 576 g/mol. The summed E-state index contributed by atoms with van der Waals surface area (Å²) >= 11 is 0. The summed E-state index contributed by atoms with van der Waals surface area (Å²) in [5.74, 6) is 0. The predicted molar refractivity (Wildman–Crippen MR) is 192 cm³/mol. The Bertz CT molecular complexity index is 2200. The molecule has 12 rings (SSSR count). The van der Waals surface area contributed by atoms with Crippen LogP contribution in [0.25, 0.3) is 21.5 Å². The molecule has 0 spiro atoms. The Hall–Kier alpha value is -5.36. The van der Waals surface area contributed by atoms with E-state index in [9.17, 15) is 0 Å². The quantitative estimate of drug-likeness (QED) is 0.173. The van der Waals surface area contributed by atoms with Gasteiger partial charge in [0.15, 0.2) is 0 Å². The highest BCUT2D eigenvalue weighted by atomic mass is 15.4. The molecule has 6 aliphatic rings. The van der Waals surface area contributed by atoms with Crippen molar-refractivity contribution in [2.75, 3.05) is 49.4 Å². The lowest BCUT2D eigenvalue weighted by atomic mass is 9.90. The van der Waals surface area contributed by atoms with Crippen molar-refractivity contribution in [1.82, 2.24) is 0 Å². The maximum atomic E-state index is 2.65. The van der Waals surface area contributed by atoms with E-state index in [1.807, 2.05) is 0 Å². The van der Waals surface area contributed by atoms with E-state index in [4.69, 9.17) is 0 Å². The standard InChI is InChI=1S/C41H34N6/c1-3-7-28-26(5-1)9-11-36-30(28)17-42-23-44(36)19-32-34-21-46-25-47(40(34)15-13-38(32)42)22-35-33-20-45-24-43(39(33)14-16-41(35)46)18-31-29-8-4-2-6-27(29)10-12-37(31)45/h1-16H,17-25H2. The fourth-order valence-electron chi connectivity index (χ4n) is 9.83. The van der Waals surface area contributed by atoms with Crippen LogP contribution in [0.2, 0.25) is 0 Å². The molecule has 0 saturated heterocycles. The van der Waals surface area contributed by atoms with Gasteiger partial charge in [0.25, 0.3) is 0 Å². The normalized spacial score (nSPS) is 18.0. The Labute approximate surface area is 274 Å². The first-order valence-corrected chi connectivity index (χ1v) is 17.1. The van der Waals surface area contributed by atoms with Crippen LogP contribution < -0.4 is 29.4 Å². The van der Waals surface area contributed by atoms with E-state index in [-0.39, 0.29) is 0 Å². The van der Waals surface area contributed by atoms with E-state index >= 15 is 0 Å². The Morgan fingerprint density at radius 3 is 0.915 bits per heavy atom. The van der Waals surface area contributed by atoms with Gasteiger partial charge in [-0.3, -0.25) is 0 Å². The van der Waals surface area contributed by atoms with Crippen LogP contribution in [0, 0.1) is 0 Å². The zero-order valence-corrected chi connectivity index (χ0v) is 26.3. The number of hydrogen-bond acceptors (Lipinski definition) is 6. The van der Waals surface area contributed by atoms with Crippen molar-refractivity contribution in [2.45, 2.75) is 39.3 Å². The van der Waals surface area contributed by atoms with Crippen LogP contribution in [0.5, 0.6) is 0 Å². The van der Waals surface area contributed by atoms with E-state index < -0.39 is 0 Å². The summed E-state index contributed by atoms with van der Waals surface area (Å²) in [5, 5.41) is 5.45. The molecule has 228 valence electrons. The molecule has 0 aromatic heterocycles. The lowest BCUT2D eigenvalue weighted by Crippen LogP contribution is -2.51. The van der Waals surface area contributed by atoms with Gasteiger partial charge in [0.05, 0.1) is 20.0 Å². The molecule has 0 radical (unpaired) electrons. The van der Waals surface area contributed by atoms with E-state index in [1.165, 1.54) is 89.0 Å². The Balaban J connectivity index is 0.917. The SMILES string of the molecule is c1ccc2c3c(ccc2c1)N1Cc2c(ccc4c2CN2CN4Cc4c2ccc2c4CN4CN2Cc2c4ccc4ccccc24)N(C3)C1. The number of benzene rings is 6. The van der Waals surface area contributed by atoms with E-state index in [1.54, 1.807) is 0 Å². The van der Waals surface area contributed by atoms with Crippen LogP contribution in [-0.4, -0.2) is 20.0 Å². The Morgan fingerprint density at radius 2 is 0.553 bits per heavy atom. The molecule has 6 nitrogen and oxygen atoms in total. The highest BCUT2D eigenvalue weighted by Crippen LogP contribution is 2.50. The van der Waals surface area contributed by atoms with Gasteiger partial charge in [0, 0.05) is 107 Å². The molecule has 0 fully saturated rings. The van der Waals surface area contributed by atoms with Gasteiger partial charge >= 0.3 is 0 Å². The summed E-state index contributed by atoms with van der Waals surface area (Å²) in [7, 11) is 0. The smallest absolute Gasteiger partial charge is 0.0910 e. The molecule has 6 bridgehead atoms. The second-order valence-corrected chi connectivity index (χ2v) is 14.3. The molecule has 0 atom stereocenters. The number of rotatable bonds is 0. The summed E-state index contributed by atoms with van der Waals surface area (Å²) < 4.78 is 0. The molecule has 0 amide bonds. The number of hydrogen-bond donors (Lipinski definition) is 0. The summed E-state index contributed by atoms with van der Waals surface area (Å²) in [4.78, 5) is 15.7. The highest BCUT2D eigenvalue weighted by Gasteiger charge is 2.39. The average molecular weight is 611 g/mol. The minimum absolute atomic E-state index is 0.960. The Morgan fingerprint density at radius 1 is 0.277 bits per heavy atom. The van der Waals surface area contributed by atoms with E-state index in [0.29, 0.717) is 0 Å². The number of anilines is 6. The molecule has 0 N–H and O–H groups in total. The van der Waals surface area contributed by atoms with E-state index in [0.717, 1.165) is 59.3 Å². The first-order valence-electron chi connectivity index (χ1n) is 17.1. The largest absolute Gasteiger partial charge is 0.349 e. The van der Waals surface area contributed by atoms with Crippen molar-refractivity contribution in [2.24, 2.45) is 0 Å². The summed E-state index contributed by atoms with van der Waals surface area (Å²) in [6, 6.07) is 36.8. The predicted octanol–water partition coefficient (Wildman–Crippen LogP) is 7.89. The van der Waals surface area contributed by atoms with Gasteiger partial charge in [-0.05, 0) is 57.9 Å². The van der Waals surface area contributed by atoms with Gasteiger partial charge in [-0.1, -0.05) is 60.7 Å². The molecule has 6 aromatic rings. The minimum Gasteiger partial charge on any atom is -0.349 e. The molecule has 6 aliphatic heterocycles. The van der Waals surface area contributed by atoms with Crippen LogP contribution in [0.4, 0.5) is 34.1 Å². The van der Waals surface area contributed by atoms with Crippen molar-refractivity contribution in [1.29, 1.82) is 0 Å². The summed E-state index contributed by atoms with van der Waals surface area (Å²) in [6.07, 6.45) is 0. The van der Waals surface area contributed by atoms with Crippen LogP contribution in [0.15, 0.2) is 97.1 Å². The van der Waals surface area contributed by atoms with Crippen molar-refractivity contribution in [3.63, 3.8) is 0 Å². The van der Waals surface area contributed by atoms with Crippen molar-refractivity contribution in [3.05, 3.63) is 130 Å². The van der Waals surface area contributed by atoms with Crippen molar-refractivity contribution < 1.29 is 0 Å². The number of nitrogens with zero attached hydrogens (tertiary/aromatic N) is 6. The zero-order valence-electron chi connectivity index (χ0n) is 26.3. The lowest BCUT2D eigenvalue weighted by molar-refractivity contribution is 0.609. The second kappa shape index (κ2) is 8.71. The third kappa shape index (κ3) is 3.25. The fourth-order valence-corrected chi connectivity index (χ4v) is 9.83. The van der Waals surface area contributed by atoms with Crippen LogP contribution in [0.3, 0.4) is 0 Å². The van der Waals surface area contributed by atoms with Crippen LogP contribution in [0.1, 0.15) is 33.4 Å². The summed E-state index contributed by atoms with van der Waals surface area (Å²) in [5.41, 5.74) is 17.5. The van der Waals surface area contributed by atoms with Crippen molar-refractivity contribution >= 4 is 55.7 Å². The monoisotopic (exact) mass is 610 g/mol. The lowest BCUT2D eigenvalue weighted by Gasteiger charge is -2.51. The average Bonchev–Trinajstić information content (AvgIpc) is 3.12.